The lowest BCUT2D eigenvalue weighted by atomic mass is 10.2. The fourth-order valence-electron chi connectivity index (χ4n) is 1.57. The third kappa shape index (κ3) is 4.60. The molecular weight excluding hydrogens is 387 g/mol. The SMILES string of the molecule is O=C(Nc1cccc(Br)c1)Nc1cc(C(F)(F)F)cc(Cl)n1. The number of carbonyl (C=O) groups excluding carboxylic acids is 1. The van der Waals surface area contributed by atoms with Crippen molar-refractivity contribution in [3.05, 3.63) is 51.6 Å². The number of nitrogens with zero attached hydrogens (tertiary/aromatic N) is 1. The first-order valence-corrected chi connectivity index (χ1v) is 6.99. The Balaban J connectivity index is 2.13. The van der Waals surface area contributed by atoms with E-state index < -0.39 is 17.8 Å². The molecule has 0 aliphatic rings. The van der Waals surface area contributed by atoms with Crippen LogP contribution in [0.25, 0.3) is 0 Å². The number of rotatable bonds is 2. The van der Waals surface area contributed by atoms with Gasteiger partial charge in [0.25, 0.3) is 0 Å². The Morgan fingerprint density at radius 3 is 2.55 bits per heavy atom. The molecule has 2 aromatic rings. The van der Waals surface area contributed by atoms with Crippen LogP contribution in [0.4, 0.5) is 29.5 Å². The van der Waals surface area contributed by atoms with Gasteiger partial charge >= 0.3 is 12.2 Å². The van der Waals surface area contributed by atoms with E-state index in [1.807, 2.05) is 0 Å². The van der Waals surface area contributed by atoms with Gasteiger partial charge in [-0.3, -0.25) is 5.32 Å². The number of pyridine rings is 1. The quantitative estimate of drug-likeness (QED) is 0.691. The van der Waals surface area contributed by atoms with Crippen LogP contribution in [0.1, 0.15) is 5.56 Å². The molecule has 0 bridgehead atoms. The molecule has 0 saturated heterocycles. The maximum atomic E-state index is 12.7. The molecule has 0 aliphatic heterocycles. The van der Waals surface area contributed by atoms with E-state index in [0.29, 0.717) is 17.8 Å². The van der Waals surface area contributed by atoms with E-state index in [0.717, 1.165) is 4.47 Å². The third-order valence-electron chi connectivity index (χ3n) is 2.45. The van der Waals surface area contributed by atoms with Crippen molar-refractivity contribution in [1.82, 2.24) is 4.98 Å². The summed E-state index contributed by atoms with van der Waals surface area (Å²) in [6.07, 6.45) is -4.58. The van der Waals surface area contributed by atoms with Crippen molar-refractivity contribution in [3.63, 3.8) is 0 Å². The standard InChI is InChI=1S/C13H8BrClF3N3O/c14-8-2-1-3-9(6-8)19-12(22)21-11-5-7(13(16,17)18)4-10(15)20-11/h1-6H,(H2,19,20,21,22). The summed E-state index contributed by atoms with van der Waals surface area (Å²) in [6.45, 7) is 0. The normalized spacial score (nSPS) is 11.1. The number of anilines is 2. The van der Waals surface area contributed by atoms with Gasteiger partial charge in [-0.2, -0.15) is 13.2 Å². The van der Waals surface area contributed by atoms with Crippen molar-refractivity contribution >= 4 is 45.1 Å². The lowest BCUT2D eigenvalue weighted by Gasteiger charge is -2.11. The van der Waals surface area contributed by atoms with Gasteiger partial charge in [-0.05, 0) is 30.3 Å². The number of alkyl halides is 3. The molecule has 116 valence electrons. The Hall–Kier alpha value is -1.80. The first kappa shape index (κ1) is 16.6. The summed E-state index contributed by atoms with van der Waals surface area (Å²) in [5, 5.41) is 4.30. The average Bonchev–Trinajstić information content (AvgIpc) is 2.36. The van der Waals surface area contributed by atoms with Gasteiger partial charge in [-0.25, -0.2) is 9.78 Å². The highest BCUT2D eigenvalue weighted by Gasteiger charge is 2.31. The molecule has 0 fully saturated rings. The fourth-order valence-corrected chi connectivity index (χ4v) is 2.18. The van der Waals surface area contributed by atoms with Gasteiger partial charge in [0.2, 0.25) is 0 Å². The van der Waals surface area contributed by atoms with Crippen LogP contribution in [-0.2, 0) is 6.18 Å². The van der Waals surface area contributed by atoms with E-state index in [2.05, 4.69) is 31.5 Å². The number of aromatic nitrogens is 1. The second-order valence-corrected chi connectivity index (χ2v) is 5.45. The minimum Gasteiger partial charge on any atom is -0.308 e. The molecule has 0 aliphatic carbocycles. The number of nitrogens with one attached hydrogen (secondary N) is 2. The lowest BCUT2D eigenvalue weighted by molar-refractivity contribution is -0.137. The second-order valence-electron chi connectivity index (χ2n) is 4.15. The van der Waals surface area contributed by atoms with E-state index in [-0.39, 0.29) is 11.0 Å². The average molecular weight is 395 g/mol. The maximum Gasteiger partial charge on any atom is 0.416 e. The topological polar surface area (TPSA) is 54.0 Å². The molecule has 1 heterocycles. The van der Waals surface area contributed by atoms with Crippen molar-refractivity contribution in [2.75, 3.05) is 10.6 Å². The van der Waals surface area contributed by atoms with Crippen LogP contribution in [0.2, 0.25) is 5.15 Å². The van der Waals surface area contributed by atoms with Crippen LogP contribution in [-0.4, -0.2) is 11.0 Å². The van der Waals surface area contributed by atoms with Gasteiger partial charge < -0.3 is 5.32 Å². The van der Waals surface area contributed by atoms with E-state index in [1.54, 1.807) is 24.3 Å². The van der Waals surface area contributed by atoms with Crippen LogP contribution in [0.3, 0.4) is 0 Å². The smallest absolute Gasteiger partial charge is 0.308 e. The molecule has 4 nitrogen and oxygen atoms in total. The van der Waals surface area contributed by atoms with Crippen LogP contribution in [0.5, 0.6) is 0 Å². The highest BCUT2D eigenvalue weighted by Crippen LogP contribution is 2.31. The van der Waals surface area contributed by atoms with Crippen LogP contribution >= 0.6 is 27.5 Å². The highest BCUT2D eigenvalue weighted by atomic mass is 79.9. The molecule has 22 heavy (non-hydrogen) atoms. The van der Waals surface area contributed by atoms with Crippen molar-refractivity contribution in [2.24, 2.45) is 0 Å². The predicted octanol–water partition coefficient (Wildman–Crippen LogP) is 5.16. The Bertz CT molecular complexity index is 709. The van der Waals surface area contributed by atoms with Crippen LogP contribution in [0.15, 0.2) is 40.9 Å². The molecule has 0 radical (unpaired) electrons. The summed E-state index contributed by atoms with van der Waals surface area (Å²) in [7, 11) is 0. The van der Waals surface area contributed by atoms with Crippen molar-refractivity contribution in [3.8, 4) is 0 Å². The first-order chi connectivity index (χ1) is 10.2. The zero-order valence-corrected chi connectivity index (χ0v) is 13.1. The zero-order valence-electron chi connectivity index (χ0n) is 10.7. The number of benzene rings is 1. The fraction of sp³-hybridized carbons (Fsp3) is 0.0769. The van der Waals surface area contributed by atoms with Gasteiger partial charge in [0.15, 0.2) is 0 Å². The summed E-state index contributed by atoms with van der Waals surface area (Å²) in [5.74, 6) is -0.299. The number of halogens is 5. The van der Waals surface area contributed by atoms with E-state index in [9.17, 15) is 18.0 Å². The third-order valence-corrected chi connectivity index (χ3v) is 3.13. The molecule has 1 aromatic heterocycles. The Morgan fingerprint density at radius 2 is 1.91 bits per heavy atom. The molecule has 2 amide bonds. The highest BCUT2D eigenvalue weighted by molar-refractivity contribution is 9.10. The number of urea groups is 1. The number of hydrogen-bond donors (Lipinski definition) is 2. The minimum atomic E-state index is -4.58. The summed E-state index contributed by atoms with van der Waals surface area (Å²) >= 11 is 8.76. The number of hydrogen-bond acceptors (Lipinski definition) is 2. The molecule has 0 saturated carbocycles. The molecule has 0 unspecified atom stereocenters. The van der Waals surface area contributed by atoms with Crippen LogP contribution < -0.4 is 10.6 Å². The van der Waals surface area contributed by atoms with Crippen molar-refractivity contribution in [2.45, 2.75) is 6.18 Å². The van der Waals surface area contributed by atoms with Gasteiger partial charge in [-0.15, -0.1) is 0 Å². The molecule has 2 N–H and O–H groups in total. The van der Waals surface area contributed by atoms with Gasteiger partial charge in [0.05, 0.1) is 5.56 Å². The van der Waals surface area contributed by atoms with Gasteiger partial charge in [0.1, 0.15) is 11.0 Å². The second kappa shape index (κ2) is 6.53. The number of carbonyl (C=O) groups is 1. The summed E-state index contributed by atoms with van der Waals surface area (Å²) in [5.41, 5.74) is -0.532. The van der Waals surface area contributed by atoms with E-state index in [4.69, 9.17) is 11.6 Å². The van der Waals surface area contributed by atoms with E-state index in [1.165, 1.54) is 0 Å². The Morgan fingerprint density at radius 1 is 1.18 bits per heavy atom. The molecule has 1 aromatic carbocycles. The van der Waals surface area contributed by atoms with E-state index >= 15 is 0 Å². The largest absolute Gasteiger partial charge is 0.416 e. The number of amides is 2. The van der Waals surface area contributed by atoms with Gasteiger partial charge in [0, 0.05) is 10.2 Å². The Kier molecular flexibility index (Phi) is 4.92. The van der Waals surface area contributed by atoms with Crippen LogP contribution in [0, 0.1) is 0 Å². The van der Waals surface area contributed by atoms with Crippen molar-refractivity contribution < 1.29 is 18.0 Å². The lowest BCUT2D eigenvalue weighted by Crippen LogP contribution is -2.20. The Labute approximate surface area is 136 Å². The molecular formula is C13H8BrClF3N3O. The molecule has 0 spiro atoms. The summed E-state index contributed by atoms with van der Waals surface area (Å²) in [4.78, 5) is 15.4. The minimum absolute atomic E-state index is 0.299. The predicted molar refractivity (Wildman–Crippen MR) is 81.0 cm³/mol. The summed E-state index contributed by atoms with van der Waals surface area (Å²) < 4.78 is 38.7. The first-order valence-electron chi connectivity index (χ1n) is 5.82. The zero-order chi connectivity index (χ0) is 16.3. The maximum absolute atomic E-state index is 12.7. The molecule has 0 atom stereocenters. The van der Waals surface area contributed by atoms with Gasteiger partial charge in [-0.1, -0.05) is 33.6 Å². The molecule has 2 rings (SSSR count). The summed E-state index contributed by atoms with van der Waals surface area (Å²) in [6, 6.07) is 7.35. The van der Waals surface area contributed by atoms with Crippen molar-refractivity contribution in [1.29, 1.82) is 0 Å². The monoisotopic (exact) mass is 393 g/mol. The molecule has 9 heteroatoms.